The molecule has 8 heteroatoms. The number of nitro groups is 1. The summed E-state index contributed by atoms with van der Waals surface area (Å²) in [4.78, 5) is 10.4. The summed E-state index contributed by atoms with van der Waals surface area (Å²) in [5, 5.41) is 24.8. The number of nitrogens with one attached hydrogen (secondary N) is 2. The number of hydrogen-bond donors (Lipinski definition) is 2. The van der Waals surface area contributed by atoms with Crippen LogP contribution in [0.3, 0.4) is 0 Å². The summed E-state index contributed by atoms with van der Waals surface area (Å²) in [6.45, 7) is 2.94. The van der Waals surface area contributed by atoms with Crippen molar-refractivity contribution in [2.45, 2.75) is 12.8 Å². The van der Waals surface area contributed by atoms with Gasteiger partial charge in [0, 0.05) is 12.6 Å². The zero-order valence-corrected chi connectivity index (χ0v) is 10.8. The first kappa shape index (κ1) is 12.8. The van der Waals surface area contributed by atoms with E-state index in [2.05, 4.69) is 25.6 Å². The van der Waals surface area contributed by atoms with Gasteiger partial charge in [-0.3, -0.25) is 10.1 Å². The van der Waals surface area contributed by atoms with E-state index in [1.54, 1.807) is 6.07 Å². The number of aromatic nitrogens is 2. The van der Waals surface area contributed by atoms with E-state index >= 15 is 0 Å². The molecule has 0 aliphatic carbocycles. The van der Waals surface area contributed by atoms with Gasteiger partial charge in [0.15, 0.2) is 5.52 Å². The minimum atomic E-state index is -0.486. The van der Waals surface area contributed by atoms with E-state index in [-0.39, 0.29) is 11.2 Å². The lowest BCUT2D eigenvalue weighted by Crippen LogP contribution is -2.12. The second kappa shape index (κ2) is 5.41. The fraction of sp³-hybridized carbons (Fsp3) is 0.500. The highest BCUT2D eigenvalue weighted by Crippen LogP contribution is 2.28. The van der Waals surface area contributed by atoms with E-state index in [1.165, 1.54) is 12.5 Å². The molecule has 2 N–H and O–H groups in total. The maximum Gasteiger partial charge on any atom is 0.300 e. The van der Waals surface area contributed by atoms with Gasteiger partial charge in [0.1, 0.15) is 0 Å². The first-order valence-electron chi connectivity index (χ1n) is 6.60. The molecule has 1 saturated heterocycles. The molecule has 0 radical (unpaired) electrons. The molecular formula is C12H15N5O3. The van der Waals surface area contributed by atoms with Gasteiger partial charge in [-0.1, -0.05) is 0 Å². The van der Waals surface area contributed by atoms with Crippen LogP contribution in [0.1, 0.15) is 12.8 Å². The van der Waals surface area contributed by atoms with Gasteiger partial charge in [0.25, 0.3) is 0 Å². The molecule has 0 amide bonds. The third-order valence-corrected chi connectivity index (χ3v) is 3.62. The quantitative estimate of drug-likeness (QED) is 0.630. The second-order valence-corrected chi connectivity index (χ2v) is 4.93. The molecular weight excluding hydrogens is 262 g/mol. The van der Waals surface area contributed by atoms with Crippen molar-refractivity contribution in [1.29, 1.82) is 0 Å². The summed E-state index contributed by atoms with van der Waals surface area (Å²) in [6.07, 6.45) is 2.25. The summed E-state index contributed by atoms with van der Waals surface area (Å²) in [5.74, 6) is 0.687. The monoisotopic (exact) mass is 277 g/mol. The van der Waals surface area contributed by atoms with Gasteiger partial charge < -0.3 is 10.6 Å². The lowest BCUT2D eigenvalue weighted by Gasteiger charge is -2.10. The van der Waals surface area contributed by atoms with Gasteiger partial charge in [-0.2, -0.15) is 0 Å². The van der Waals surface area contributed by atoms with Crippen molar-refractivity contribution in [2.75, 3.05) is 25.0 Å². The largest absolute Gasteiger partial charge is 0.383 e. The van der Waals surface area contributed by atoms with Crippen LogP contribution in [0.2, 0.25) is 0 Å². The van der Waals surface area contributed by atoms with Gasteiger partial charge in [0.2, 0.25) is 5.52 Å². The van der Waals surface area contributed by atoms with Crippen LogP contribution in [0.4, 0.5) is 11.4 Å². The first-order chi connectivity index (χ1) is 9.75. The molecule has 106 valence electrons. The number of hydrogen-bond acceptors (Lipinski definition) is 7. The molecule has 2 aromatic rings. The number of benzene rings is 1. The Morgan fingerprint density at radius 2 is 2.30 bits per heavy atom. The Bertz CT molecular complexity index is 621. The fourth-order valence-electron chi connectivity index (χ4n) is 2.52. The molecule has 1 aromatic heterocycles. The summed E-state index contributed by atoms with van der Waals surface area (Å²) in [5.41, 5.74) is 1.22. The first-order valence-corrected chi connectivity index (χ1v) is 6.60. The Morgan fingerprint density at radius 3 is 3.05 bits per heavy atom. The summed E-state index contributed by atoms with van der Waals surface area (Å²) in [7, 11) is 0. The normalized spacial score (nSPS) is 18.5. The smallest absolute Gasteiger partial charge is 0.300 e. The fourth-order valence-corrected chi connectivity index (χ4v) is 2.52. The maximum absolute atomic E-state index is 10.9. The number of nitrogens with zero attached hydrogens (tertiary/aromatic N) is 3. The van der Waals surface area contributed by atoms with E-state index in [4.69, 9.17) is 0 Å². The number of nitro benzene ring substituents is 1. The molecule has 1 aromatic carbocycles. The van der Waals surface area contributed by atoms with E-state index < -0.39 is 4.92 Å². The predicted octanol–water partition coefficient (Wildman–Crippen LogP) is 1.54. The highest BCUT2D eigenvalue weighted by Gasteiger charge is 2.20. The number of anilines is 1. The molecule has 1 aliphatic heterocycles. The third kappa shape index (κ3) is 2.42. The van der Waals surface area contributed by atoms with Crippen molar-refractivity contribution < 1.29 is 9.55 Å². The van der Waals surface area contributed by atoms with Crippen molar-refractivity contribution in [3.63, 3.8) is 0 Å². The van der Waals surface area contributed by atoms with Gasteiger partial charge in [-0.15, -0.1) is 0 Å². The van der Waals surface area contributed by atoms with Crippen LogP contribution in [0, 0.1) is 16.0 Å². The van der Waals surface area contributed by atoms with Gasteiger partial charge in [-0.25, -0.2) is 4.63 Å². The molecule has 2 heterocycles. The zero-order chi connectivity index (χ0) is 13.9. The Labute approximate surface area is 114 Å². The zero-order valence-electron chi connectivity index (χ0n) is 10.8. The molecule has 0 bridgehead atoms. The maximum atomic E-state index is 10.9. The number of rotatable bonds is 5. The Kier molecular flexibility index (Phi) is 3.46. The highest BCUT2D eigenvalue weighted by molar-refractivity contribution is 5.93. The van der Waals surface area contributed by atoms with Crippen LogP contribution in [0.5, 0.6) is 0 Å². The van der Waals surface area contributed by atoms with E-state index in [0.29, 0.717) is 11.4 Å². The van der Waals surface area contributed by atoms with Crippen molar-refractivity contribution in [1.82, 2.24) is 15.6 Å². The summed E-state index contributed by atoms with van der Waals surface area (Å²) < 4.78 is 4.62. The average Bonchev–Trinajstić information content (AvgIpc) is 3.09. The Morgan fingerprint density at radius 1 is 1.45 bits per heavy atom. The van der Waals surface area contributed by atoms with Gasteiger partial charge in [0.05, 0.1) is 10.6 Å². The van der Waals surface area contributed by atoms with Crippen molar-refractivity contribution in [3.05, 3.63) is 22.2 Å². The van der Waals surface area contributed by atoms with Crippen molar-refractivity contribution >= 4 is 22.4 Å². The standard InChI is InChI=1S/C12H15N5O3/c18-17(19)10-2-1-9(11-12(10)16-20-15-11)14-6-4-8-3-5-13-7-8/h1-2,8,13-14H,3-7H2. The van der Waals surface area contributed by atoms with Crippen molar-refractivity contribution in [3.8, 4) is 0 Å². The molecule has 1 unspecified atom stereocenters. The lowest BCUT2D eigenvalue weighted by atomic mass is 10.1. The van der Waals surface area contributed by atoms with Crippen LogP contribution in [-0.2, 0) is 0 Å². The molecule has 20 heavy (non-hydrogen) atoms. The summed E-state index contributed by atoms with van der Waals surface area (Å²) in [6, 6.07) is 3.07. The molecule has 3 rings (SSSR count). The van der Waals surface area contributed by atoms with E-state index in [0.717, 1.165) is 31.7 Å². The van der Waals surface area contributed by atoms with Crippen molar-refractivity contribution in [2.24, 2.45) is 5.92 Å². The molecule has 0 spiro atoms. The molecule has 0 saturated carbocycles. The van der Waals surface area contributed by atoms with Crippen LogP contribution < -0.4 is 10.6 Å². The third-order valence-electron chi connectivity index (χ3n) is 3.62. The molecule has 1 fully saturated rings. The molecule has 8 nitrogen and oxygen atoms in total. The van der Waals surface area contributed by atoms with Crippen LogP contribution in [0.25, 0.3) is 11.0 Å². The summed E-state index contributed by atoms with van der Waals surface area (Å²) >= 11 is 0. The molecule has 1 aliphatic rings. The molecule has 1 atom stereocenters. The van der Waals surface area contributed by atoms with Crippen LogP contribution in [0.15, 0.2) is 16.8 Å². The topological polar surface area (TPSA) is 106 Å². The minimum Gasteiger partial charge on any atom is -0.383 e. The SMILES string of the molecule is O=[N+]([O-])c1ccc(NCCC2CCNC2)c2nonc12. The number of non-ortho nitro benzene ring substituents is 1. The van der Waals surface area contributed by atoms with Gasteiger partial charge >= 0.3 is 5.69 Å². The number of fused-ring (bicyclic) bond motifs is 1. The highest BCUT2D eigenvalue weighted by atomic mass is 16.6. The Balaban J connectivity index is 1.73. The van der Waals surface area contributed by atoms with E-state index in [9.17, 15) is 10.1 Å². The van der Waals surface area contributed by atoms with Crippen LogP contribution >= 0.6 is 0 Å². The van der Waals surface area contributed by atoms with Gasteiger partial charge in [-0.05, 0) is 48.2 Å². The average molecular weight is 277 g/mol. The van der Waals surface area contributed by atoms with Crippen LogP contribution in [-0.4, -0.2) is 34.9 Å². The lowest BCUT2D eigenvalue weighted by molar-refractivity contribution is -0.383. The Hall–Kier alpha value is -2.22. The second-order valence-electron chi connectivity index (χ2n) is 4.93. The predicted molar refractivity (Wildman–Crippen MR) is 72.5 cm³/mol. The minimum absolute atomic E-state index is 0.0909. The van der Waals surface area contributed by atoms with E-state index in [1.807, 2.05) is 0 Å².